The summed E-state index contributed by atoms with van der Waals surface area (Å²) in [6.07, 6.45) is 10.8. The van der Waals surface area contributed by atoms with E-state index in [0.717, 1.165) is 57.8 Å². The number of nitrogens with one attached hydrogen (secondary N) is 1. The Bertz CT molecular complexity index is 1040. The van der Waals surface area contributed by atoms with Crippen LogP contribution in [0.2, 0.25) is 0 Å². The summed E-state index contributed by atoms with van der Waals surface area (Å²) in [6.45, 7) is 25.2. The van der Waals surface area contributed by atoms with Gasteiger partial charge in [-0.1, -0.05) is 20.8 Å². The van der Waals surface area contributed by atoms with Gasteiger partial charge in [0.15, 0.2) is 0 Å². The molecule has 0 amide bonds. The molecule has 0 aromatic heterocycles. The van der Waals surface area contributed by atoms with Crippen molar-refractivity contribution in [3.8, 4) is 0 Å². The van der Waals surface area contributed by atoms with E-state index in [0.29, 0.717) is 0 Å². The van der Waals surface area contributed by atoms with Gasteiger partial charge in [0.1, 0.15) is 17.3 Å². The van der Waals surface area contributed by atoms with Gasteiger partial charge in [0, 0.05) is 6.04 Å². The number of carbonyl (C=O) groups excluding carboxylic acids is 3. The molecule has 2 aliphatic rings. The minimum atomic E-state index is -3.15. The summed E-state index contributed by atoms with van der Waals surface area (Å²) in [5, 5.41) is 0. The van der Waals surface area contributed by atoms with Crippen LogP contribution in [-0.2, 0) is 38.6 Å². The van der Waals surface area contributed by atoms with E-state index in [1.807, 2.05) is 83.1 Å². The number of esters is 3. The van der Waals surface area contributed by atoms with Crippen LogP contribution in [0.3, 0.4) is 0 Å². The molecule has 0 bridgehead atoms. The highest BCUT2D eigenvalue weighted by Crippen LogP contribution is 2.35. The van der Waals surface area contributed by atoms with Gasteiger partial charge in [0.25, 0.3) is 0 Å². The highest BCUT2D eigenvalue weighted by atomic mass is 32.2. The average molecular weight is 662 g/mol. The summed E-state index contributed by atoms with van der Waals surface area (Å²) in [6, 6.07) is -0.0239. The number of hydrogen-bond acceptors (Lipinski definition) is 8. The second-order valence-electron chi connectivity index (χ2n) is 16.0. The smallest absolute Gasteiger partial charge is 0.312 e. The molecule has 10 heteroatoms. The van der Waals surface area contributed by atoms with Crippen molar-refractivity contribution in [1.82, 2.24) is 4.72 Å². The largest absolute Gasteiger partial charge is 0.462 e. The van der Waals surface area contributed by atoms with Crippen LogP contribution in [0.15, 0.2) is 0 Å². The summed E-state index contributed by atoms with van der Waals surface area (Å²) in [5.74, 6) is -0.309. The van der Waals surface area contributed by atoms with Crippen LogP contribution in [0.5, 0.6) is 0 Å². The maximum Gasteiger partial charge on any atom is 0.312 e. The Labute approximate surface area is 275 Å². The van der Waals surface area contributed by atoms with Crippen molar-refractivity contribution in [3.63, 3.8) is 0 Å². The Morgan fingerprint density at radius 2 is 1.11 bits per heavy atom. The predicted molar refractivity (Wildman–Crippen MR) is 181 cm³/mol. The van der Waals surface area contributed by atoms with Crippen molar-refractivity contribution in [3.05, 3.63) is 0 Å². The first kappa shape index (κ1) is 43.3. The van der Waals surface area contributed by atoms with E-state index in [9.17, 15) is 22.8 Å². The van der Waals surface area contributed by atoms with Gasteiger partial charge < -0.3 is 14.2 Å². The third kappa shape index (κ3) is 17.2. The molecule has 0 unspecified atom stereocenters. The monoisotopic (exact) mass is 661 g/mol. The van der Waals surface area contributed by atoms with Gasteiger partial charge in [0.2, 0.25) is 10.0 Å². The zero-order valence-electron chi connectivity index (χ0n) is 31.1. The van der Waals surface area contributed by atoms with Crippen LogP contribution < -0.4 is 4.72 Å². The molecule has 0 aliphatic heterocycles. The van der Waals surface area contributed by atoms with Crippen LogP contribution in [0.1, 0.15) is 161 Å². The second-order valence-corrected chi connectivity index (χ2v) is 17.8. The molecule has 45 heavy (non-hydrogen) atoms. The van der Waals surface area contributed by atoms with E-state index in [1.54, 1.807) is 0 Å². The maximum absolute atomic E-state index is 11.9. The highest BCUT2D eigenvalue weighted by molar-refractivity contribution is 7.88. The molecule has 0 spiro atoms. The van der Waals surface area contributed by atoms with E-state index in [2.05, 4.69) is 11.6 Å². The summed E-state index contributed by atoms with van der Waals surface area (Å²) in [7, 11) is -3.15. The maximum atomic E-state index is 11.9. The van der Waals surface area contributed by atoms with Gasteiger partial charge >= 0.3 is 17.9 Å². The molecular formula is C35H67NO8S. The van der Waals surface area contributed by atoms with E-state index < -0.39 is 15.4 Å². The number of hydrogen-bond donors (Lipinski definition) is 1. The summed E-state index contributed by atoms with van der Waals surface area (Å²) in [5.41, 5.74) is -1.67. The Hall–Kier alpha value is -1.68. The lowest BCUT2D eigenvalue weighted by Gasteiger charge is -2.31. The Balaban J connectivity index is 0.000000667. The first-order chi connectivity index (χ1) is 20.2. The Morgan fingerprint density at radius 1 is 0.711 bits per heavy atom. The molecule has 0 heterocycles. The minimum absolute atomic E-state index is 0.0239. The van der Waals surface area contributed by atoms with Gasteiger partial charge in [-0.25, -0.2) is 13.1 Å². The SMILES string of the molecule is CCC(C)(C)C(=O)OC(C)(C)C.CCC(C)(C)C(=O)OC1(C)CCCC1.CCC(C)(C)C(=O)OC1CCC(NS(C)(=O)=O)CC1. The summed E-state index contributed by atoms with van der Waals surface area (Å²) >= 11 is 0. The molecule has 9 nitrogen and oxygen atoms in total. The number of carbonyl (C=O) groups is 3. The molecule has 1 N–H and O–H groups in total. The fourth-order valence-corrected chi connectivity index (χ4v) is 5.19. The zero-order chi connectivity index (χ0) is 35.5. The van der Waals surface area contributed by atoms with Crippen molar-refractivity contribution < 1.29 is 37.0 Å². The van der Waals surface area contributed by atoms with Crippen LogP contribution in [0.25, 0.3) is 0 Å². The molecule has 0 atom stereocenters. The number of sulfonamides is 1. The molecular weight excluding hydrogens is 594 g/mol. The minimum Gasteiger partial charge on any atom is -0.462 e. The molecule has 0 saturated heterocycles. The molecule has 0 radical (unpaired) electrons. The van der Waals surface area contributed by atoms with Crippen LogP contribution in [0.4, 0.5) is 0 Å². The van der Waals surface area contributed by atoms with Crippen LogP contribution >= 0.6 is 0 Å². The lowest BCUT2D eigenvalue weighted by atomic mass is 9.89. The standard InChI is InChI=1S/C13H25NO4S.C12H22O2.C10H20O2/c1-5-13(2,3)12(15)18-11-8-6-10(7-9-11)14-19(4,16)17;1-5-11(2,3)10(13)14-12(4)8-6-7-9-12;1-7-10(5,6)8(11)12-9(2,3)4/h10-11,14H,5-9H2,1-4H3;5-9H2,1-4H3;7H2,1-6H3. The fraction of sp³-hybridized carbons (Fsp3) is 0.914. The Kier molecular flexibility index (Phi) is 16.8. The molecule has 0 aromatic carbocycles. The molecule has 2 rings (SSSR count). The summed E-state index contributed by atoms with van der Waals surface area (Å²) < 4.78 is 41.2. The van der Waals surface area contributed by atoms with Gasteiger partial charge in [0.05, 0.1) is 22.5 Å². The van der Waals surface area contributed by atoms with E-state index in [4.69, 9.17) is 14.2 Å². The zero-order valence-corrected chi connectivity index (χ0v) is 31.9. The third-order valence-corrected chi connectivity index (χ3v) is 9.80. The molecule has 2 aliphatic carbocycles. The van der Waals surface area contributed by atoms with Crippen molar-refractivity contribution in [1.29, 1.82) is 0 Å². The highest BCUT2D eigenvalue weighted by Gasteiger charge is 2.37. The quantitative estimate of drug-likeness (QED) is 0.185. The first-order valence-electron chi connectivity index (χ1n) is 16.9. The van der Waals surface area contributed by atoms with Crippen molar-refractivity contribution in [2.24, 2.45) is 16.2 Å². The Morgan fingerprint density at radius 3 is 1.49 bits per heavy atom. The topological polar surface area (TPSA) is 125 Å². The molecule has 0 aromatic rings. The first-order valence-corrected chi connectivity index (χ1v) is 18.8. The van der Waals surface area contributed by atoms with E-state index in [1.165, 1.54) is 19.1 Å². The second kappa shape index (κ2) is 17.5. The average Bonchev–Trinajstić information content (AvgIpc) is 3.34. The molecule has 266 valence electrons. The number of rotatable bonds is 10. The van der Waals surface area contributed by atoms with Gasteiger partial charge in [-0.15, -0.1) is 0 Å². The normalized spacial score (nSPS) is 20.5. The molecule has 2 fully saturated rings. The summed E-state index contributed by atoms with van der Waals surface area (Å²) in [4.78, 5) is 35.3. The van der Waals surface area contributed by atoms with E-state index in [-0.39, 0.29) is 52.1 Å². The van der Waals surface area contributed by atoms with Crippen LogP contribution in [-0.4, -0.2) is 55.9 Å². The van der Waals surface area contributed by atoms with Crippen LogP contribution in [0, 0.1) is 16.2 Å². The van der Waals surface area contributed by atoms with Gasteiger partial charge in [-0.05, 0) is 140 Å². The van der Waals surface area contributed by atoms with E-state index >= 15 is 0 Å². The van der Waals surface area contributed by atoms with Gasteiger partial charge in [-0.2, -0.15) is 0 Å². The predicted octanol–water partition coefficient (Wildman–Crippen LogP) is 7.89. The van der Waals surface area contributed by atoms with Crippen molar-refractivity contribution >= 4 is 27.9 Å². The molecule has 2 saturated carbocycles. The van der Waals surface area contributed by atoms with Gasteiger partial charge in [-0.3, -0.25) is 14.4 Å². The fourth-order valence-electron chi connectivity index (χ4n) is 4.35. The van der Waals surface area contributed by atoms with Crippen molar-refractivity contribution in [2.45, 2.75) is 184 Å². The van der Waals surface area contributed by atoms with Crippen molar-refractivity contribution in [2.75, 3.05) is 6.26 Å². The number of ether oxygens (including phenoxy) is 3. The lowest BCUT2D eigenvalue weighted by molar-refractivity contribution is -0.168. The third-order valence-electron chi connectivity index (χ3n) is 9.04. The lowest BCUT2D eigenvalue weighted by Crippen LogP contribution is -2.40.